The number of thiocarbonyl (C=S) groups is 1. The SMILES string of the molecule is Cc1ccccc1CSc1c(C=C2SC(=S)N(CCCC(=O)O)C2=O)c(C(F)(F)F)nn1C. The Morgan fingerprint density at radius 3 is 2.67 bits per heavy atom. The van der Waals surface area contributed by atoms with Gasteiger partial charge in [-0.15, -0.1) is 11.8 Å². The summed E-state index contributed by atoms with van der Waals surface area (Å²) < 4.78 is 42.6. The standard InChI is InChI=1S/C21H20F3N3O3S3/c1-12-6-3-4-7-13(12)11-32-19-14(17(21(22,23)24)25-26(19)2)10-15-18(30)27(20(31)33-15)9-5-8-16(28)29/h3-4,6-7,10H,5,8-9,11H2,1-2H3,(H,28,29). The van der Waals surface area contributed by atoms with E-state index in [4.69, 9.17) is 17.3 Å². The van der Waals surface area contributed by atoms with Gasteiger partial charge in [0.25, 0.3) is 5.91 Å². The third-order valence-electron chi connectivity index (χ3n) is 4.84. The molecule has 0 radical (unpaired) electrons. The van der Waals surface area contributed by atoms with Crippen molar-refractivity contribution < 1.29 is 27.9 Å². The van der Waals surface area contributed by atoms with Crippen molar-refractivity contribution >= 4 is 58.0 Å². The number of carboxylic acid groups (broad SMARTS) is 1. The molecule has 1 aliphatic rings. The lowest BCUT2D eigenvalue weighted by atomic mass is 10.1. The molecule has 0 atom stereocenters. The number of benzene rings is 1. The zero-order valence-corrected chi connectivity index (χ0v) is 20.1. The van der Waals surface area contributed by atoms with Crippen LogP contribution in [0.15, 0.2) is 34.2 Å². The van der Waals surface area contributed by atoms with E-state index in [2.05, 4.69) is 5.10 Å². The van der Waals surface area contributed by atoms with Gasteiger partial charge in [0, 0.05) is 31.3 Å². The Hall–Kier alpha value is -2.31. The Morgan fingerprint density at radius 2 is 2.03 bits per heavy atom. The fourth-order valence-electron chi connectivity index (χ4n) is 3.17. The van der Waals surface area contributed by atoms with Gasteiger partial charge in [-0.05, 0) is 30.5 Å². The minimum Gasteiger partial charge on any atom is -0.481 e. The number of rotatable bonds is 8. The molecule has 0 aliphatic carbocycles. The van der Waals surface area contributed by atoms with Crippen molar-refractivity contribution in [2.24, 2.45) is 7.05 Å². The maximum absolute atomic E-state index is 13.7. The molecule has 1 aliphatic heterocycles. The van der Waals surface area contributed by atoms with Crippen LogP contribution in [0.3, 0.4) is 0 Å². The highest BCUT2D eigenvalue weighted by atomic mass is 32.2. The van der Waals surface area contributed by atoms with Crippen molar-refractivity contribution in [3.63, 3.8) is 0 Å². The van der Waals surface area contributed by atoms with Crippen LogP contribution in [0.1, 0.15) is 35.2 Å². The second kappa shape index (κ2) is 10.3. The van der Waals surface area contributed by atoms with E-state index < -0.39 is 23.7 Å². The van der Waals surface area contributed by atoms with Crippen molar-refractivity contribution in [1.82, 2.24) is 14.7 Å². The van der Waals surface area contributed by atoms with Crippen LogP contribution in [0.4, 0.5) is 13.2 Å². The van der Waals surface area contributed by atoms with Gasteiger partial charge < -0.3 is 5.11 Å². The molecule has 1 aromatic heterocycles. The largest absolute Gasteiger partial charge is 0.481 e. The van der Waals surface area contributed by atoms with Crippen molar-refractivity contribution in [3.8, 4) is 0 Å². The fourth-order valence-corrected chi connectivity index (χ4v) is 5.61. The lowest BCUT2D eigenvalue weighted by molar-refractivity contribution is -0.141. The zero-order valence-electron chi connectivity index (χ0n) is 17.7. The van der Waals surface area contributed by atoms with Gasteiger partial charge >= 0.3 is 12.1 Å². The molecule has 1 fully saturated rings. The molecular formula is C21H20F3N3O3S3. The summed E-state index contributed by atoms with van der Waals surface area (Å²) in [6.07, 6.45) is -3.48. The van der Waals surface area contributed by atoms with E-state index in [1.807, 2.05) is 31.2 Å². The number of carbonyl (C=O) groups is 2. The summed E-state index contributed by atoms with van der Waals surface area (Å²) in [7, 11) is 1.43. The van der Waals surface area contributed by atoms with Crippen molar-refractivity contribution in [1.29, 1.82) is 0 Å². The predicted octanol–water partition coefficient (Wildman–Crippen LogP) is 5.11. The topological polar surface area (TPSA) is 75.4 Å². The maximum atomic E-state index is 13.7. The van der Waals surface area contributed by atoms with Gasteiger partial charge in [0.2, 0.25) is 0 Å². The molecule has 2 heterocycles. The zero-order chi connectivity index (χ0) is 24.3. The monoisotopic (exact) mass is 515 g/mol. The highest BCUT2D eigenvalue weighted by Gasteiger charge is 2.40. The quantitative estimate of drug-likeness (QED) is 0.298. The number of hydrogen-bond donors (Lipinski definition) is 1. The summed E-state index contributed by atoms with van der Waals surface area (Å²) >= 11 is 7.30. The summed E-state index contributed by atoms with van der Waals surface area (Å²) in [6.45, 7) is 2.01. The minimum atomic E-state index is -4.71. The minimum absolute atomic E-state index is 0.0477. The first-order valence-corrected chi connectivity index (χ1v) is 12.0. The average molecular weight is 516 g/mol. The number of aryl methyl sites for hydroxylation is 2. The third-order valence-corrected chi connectivity index (χ3v) is 7.44. The normalized spacial score (nSPS) is 15.7. The number of thioether (sulfide) groups is 2. The molecule has 1 N–H and O–H groups in total. The Balaban J connectivity index is 1.93. The van der Waals surface area contributed by atoms with Crippen LogP contribution in [0.25, 0.3) is 6.08 Å². The number of halogens is 3. The van der Waals surface area contributed by atoms with E-state index >= 15 is 0 Å². The number of carbonyl (C=O) groups excluding carboxylic acids is 1. The molecule has 0 saturated carbocycles. The van der Waals surface area contributed by atoms with E-state index in [9.17, 15) is 22.8 Å². The average Bonchev–Trinajstić information content (AvgIpc) is 3.18. The Labute approximate surface area is 202 Å². The van der Waals surface area contributed by atoms with E-state index in [-0.39, 0.29) is 39.2 Å². The van der Waals surface area contributed by atoms with Crippen molar-refractivity contribution in [2.45, 2.75) is 36.7 Å². The van der Waals surface area contributed by atoms with Gasteiger partial charge in [0.05, 0.1) is 4.91 Å². The lowest BCUT2D eigenvalue weighted by Crippen LogP contribution is -2.29. The van der Waals surface area contributed by atoms with Gasteiger partial charge in [-0.2, -0.15) is 18.3 Å². The van der Waals surface area contributed by atoms with Crippen LogP contribution >= 0.6 is 35.7 Å². The first-order valence-electron chi connectivity index (χ1n) is 9.77. The van der Waals surface area contributed by atoms with Crippen LogP contribution in [-0.2, 0) is 28.6 Å². The van der Waals surface area contributed by atoms with E-state index in [1.54, 1.807) is 0 Å². The molecule has 1 saturated heterocycles. The highest BCUT2D eigenvalue weighted by molar-refractivity contribution is 8.26. The maximum Gasteiger partial charge on any atom is 0.435 e. The van der Waals surface area contributed by atoms with Crippen LogP contribution in [-0.4, -0.2) is 42.5 Å². The van der Waals surface area contributed by atoms with E-state index in [0.29, 0.717) is 5.75 Å². The van der Waals surface area contributed by atoms with Crippen LogP contribution < -0.4 is 0 Å². The number of alkyl halides is 3. The molecule has 1 aromatic carbocycles. The Bertz CT molecular complexity index is 1130. The fraction of sp³-hybridized carbons (Fsp3) is 0.333. The molecule has 33 heavy (non-hydrogen) atoms. The molecule has 176 valence electrons. The number of aliphatic carboxylic acids is 1. The number of hydrogen-bond acceptors (Lipinski definition) is 6. The van der Waals surface area contributed by atoms with E-state index in [0.717, 1.165) is 22.9 Å². The van der Waals surface area contributed by atoms with Crippen LogP contribution in [0.2, 0.25) is 0 Å². The second-order valence-corrected chi connectivity index (χ2v) is 9.87. The Morgan fingerprint density at radius 1 is 1.33 bits per heavy atom. The van der Waals surface area contributed by atoms with Gasteiger partial charge in [-0.25, -0.2) is 0 Å². The van der Waals surface area contributed by atoms with E-state index in [1.165, 1.54) is 34.5 Å². The third kappa shape index (κ3) is 5.98. The molecule has 0 bridgehead atoms. The highest BCUT2D eigenvalue weighted by Crippen LogP contribution is 2.41. The summed E-state index contributed by atoms with van der Waals surface area (Å²) in [5.41, 5.74) is 0.739. The summed E-state index contributed by atoms with van der Waals surface area (Å²) in [6, 6.07) is 7.59. The van der Waals surface area contributed by atoms with Crippen molar-refractivity contribution in [3.05, 3.63) is 51.6 Å². The first kappa shape index (κ1) is 25.3. The number of amides is 1. The van der Waals surface area contributed by atoms with Gasteiger partial charge in [-0.1, -0.05) is 48.2 Å². The summed E-state index contributed by atoms with van der Waals surface area (Å²) in [4.78, 5) is 24.8. The Kier molecular flexibility index (Phi) is 7.91. The van der Waals surface area contributed by atoms with Gasteiger partial charge in [0.1, 0.15) is 9.35 Å². The molecule has 12 heteroatoms. The van der Waals surface area contributed by atoms with Gasteiger partial charge in [-0.3, -0.25) is 19.2 Å². The van der Waals surface area contributed by atoms with Crippen LogP contribution in [0, 0.1) is 6.92 Å². The summed E-state index contributed by atoms with van der Waals surface area (Å²) in [5.74, 6) is -1.11. The number of carboxylic acids is 1. The molecule has 0 unspecified atom stereocenters. The molecule has 6 nitrogen and oxygen atoms in total. The molecule has 1 amide bonds. The van der Waals surface area contributed by atoms with Gasteiger partial charge in [0.15, 0.2) is 5.69 Å². The lowest BCUT2D eigenvalue weighted by Gasteiger charge is -2.13. The molecule has 2 aromatic rings. The molecule has 0 spiro atoms. The number of aromatic nitrogens is 2. The first-order chi connectivity index (χ1) is 15.5. The smallest absolute Gasteiger partial charge is 0.435 e. The summed E-state index contributed by atoms with van der Waals surface area (Å²) in [5, 5.41) is 12.7. The van der Waals surface area contributed by atoms with Crippen LogP contribution in [0.5, 0.6) is 0 Å². The predicted molar refractivity (Wildman–Crippen MR) is 126 cm³/mol. The number of nitrogens with zero attached hydrogens (tertiary/aromatic N) is 3. The van der Waals surface area contributed by atoms with Crippen molar-refractivity contribution in [2.75, 3.05) is 6.54 Å². The molecule has 3 rings (SSSR count). The molecular weight excluding hydrogens is 495 g/mol. The second-order valence-electron chi connectivity index (χ2n) is 7.23.